The first-order valence-corrected chi connectivity index (χ1v) is 9.46. The molecule has 0 bridgehead atoms. The zero-order valence-electron chi connectivity index (χ0n) is 15.9. The number of nitrogens with zero attached hydrogens (tertiary/aromatic N) is 4. The summed E-state index contributed by atoms with van der Waals surface area (Å²) in [5, 5.41) is 3.40. The lowest BCUT2D eigenvalue weighted by atomic mass is 10.3. The smallest absolute Gasteiger partial charge is 0.289 e. The minimum absolute atomic E-state index is 0.0579. The highest BCUT2D eigenvalue weighted by Crippen LogP contribution is 2.11. The van der Waals surface area contributed by atoms with E-state index in [1.165, 1.54) is 6.26 Å². The van der Waals surface area contributed by atoms with Crippen LogP contribution in [0.5, 0.6) is 0 Å². The number of rotatable bonds is 4. The molecule has 0 saturated carbocycles. The molecular formula is C20H24N6O2. The predicted molar refractivity (Wildman–Crippen MR) is 107 cm³/mol. The molecule has 1 fully saturated rings. The number of guanidine groups is 1. The number of aromatic amines is 1. The number of aliphatic imine (C=N–C) groups is 1. The van der Waals surface area contributed by atoms with Gasteiger partial charge in [-0.05, 0) is 24.3 Å². The van der Waals surface area contributed by atoms with Gasteiger partial charge in [0.15, 0.2) is 11.7 Å². The van der Waals surface area contributed by atoms with Gasteiger partial charge >= 0.3 is 0 Å². The quantitative estimate of drug-likeness (QED) is 0.531. The molecule has 0 unspecified atom stereocenters. The van der Waals surface area contributed by atoms with Crippen LogP contribution in [-0.2, 0) is 6.42 Å². The summed E-state index contributed by atoms with van der Waals surface area (Å²) in [6.07, 6.45) is 2.31. The summed E-state index contributed by atoms with van der Waals surface area (Å²) in [6, 6.07) is 11.5. The van der Waals surface area contributed by atoms with Crippen LogP contribution < -0.4 is 5.32 Å². The summed E-state index contributed by atoms with van der Waals surface area (Å²) in [5.74, 6) is 2.14. The summed E-state index contributed by atoms with van der Waals surface area (Å²) in [4.78, 5) is 28.7. The number of carbonyl (C=O) groups is 1. The molecule has 2 N–H and O–H groups in total. The van der Waals surface area contributed by atoms with Gasteiger partial charge in [-0.3, -0.25) is 9.79 Å². The third kappa shape index (κ3) is 3.85. The van der Waals surface area contributed by atoms with Gasteiger partial charge in [-0.15, -0.1) is 0 Å². The van der Waals surface area contributed by atoms with Crippen LogP contribution in [0.2, 0.25) is 0 Å². The summed E-state index contributed by atoms with van der Waals surface area (Å²) < 4.78 is 5.21. The van der Waals surface area contributed by atoms with Crippen molar-refractivity contribution in [3.05, 3.63) is 54.2 Å². The number of aromatic nitrogens is 2. The average molecular weight is 380 g/mol. The number of fused-ring (bicyclic) bond motifs is 1. The van der Waals surface area contributed by atoms with Crippen LogP contribution in [0.4, 0.5) is 0 Å². The molecule has 0 spiro atoms. The van der Waals surface area contributed by atoms with E-state index in [0.717, 1.165) is 48.9 Å². The Labute approximate surface area is 163 Å². The number of para-hydroxylation sites is 2. The maximum absolute atomic E-state index is 12.4. The Hall–Kier alpha value is -3.29. The van der Waals surface area contributed by atoms with Gasteiger partial charge in [0.2, 0.25) is 0 Å². The maximum Gasteiger partial charge on any atom is 0.289 e. The Balaban J connectivity index is 1.27. The number of furan rings is 1. The molecule has 28 heavy (non-hydrogen) atoms. The fourth-order valence-electron chi connectivity index (χ4n) is 3.43. The second-order valence-corrected chi connectivity index (χ2v) is 6.68. The number of benzene rings is 1. The molecule has 3 aromatic rings. The van der Waals surface area contributed by atoms with Crippen molar-refractivity contribution in [3.63, 3.8) is 0 Å². The Morgan fingerprint density at radius 3 is 2.68 bits per heavy atom. The Bertz CT molecular complexity index is 921. The topological polar surface area (TPSA) is 89.8 Å². The SMILES string of the molecule is CN=C(NCCc1nc2ccccc2[nH]1)N1CCN(C(=O)c2ccco2)CC1. The van der Waals surface area contributed by atoms with Crippen molar-refractivity contribution >= 4 is 22.9 Å². The lowest BCUT2D eigenvalue weighted by molar-refractivity contribution is 0.0658. The summed E-state index contributed by atoms with van der Waals surface area (Å²) in [5.41, 5.74) is 2.04. The van der Waals surface area contributed by atoms with Crippen LogP contribution in [0.1, 0.15) is 16.4 Å². The van der Waals surface area contributed by atoms with E-state index in [2.05, 4.69) is 25.2 Å². The van der Waals surface area contributed by atoms with E-state index in [9.17, 15) is 4.79 Å². The predicted octanol–water partition coefficient (Wildman–Crippen LogP) is 1.73. The zero-order valence-corrected chi connectivity index (χ0v) is 15.9. The number of hydrogen-bond acceptors (Lipinski definition) is 4. The number of imidazole rings is 1. The maximum atomic E-state index is 12.4. The Morgan fingerprint density at radius 1 is 1.18 bits per heavy atom. The first kappa shape index (κ1) is 18.1. The first-order valence-electron chi connectivity index (χ1n) is 9.46. The van der Waals surface area contributed by atoms with Gasteiger partial charge < -0.3 is 24.5 Å². The minimum atomic E-state index is -0.0579. The Kier molecular flexibility index (Phi) is 5.27. The van der Waals surface area contributed by atoms with Gasteiger partial charge in [-0.2, -0.15) is 0 Å². The molecular weight excluding hydrogens is 356 g/mol. The third-order valence-corrected chi connectivity index (χ3v) is 4.89. The summed E-state index contributed by atoms with van der Waals surface area (Å²) in [6.45, 7) is 3.49. The lowest BCUT2D eigenvalue weighted by Gasteiger charge is -2.36. The molecule has 0 atom stereocenters. The summed E-state index contributed by atoms with van der Waals surface area (Å²) >= 11 is 0. The molecule has 8 nitrogen and oxygen atoms in total. The van der Waals surface area contributed by atoms with Crippen LogP contribution in [-0.4, -0.2) is 71.4 Å². The molecule has 3 heterocycles. The van der Waals surface area contributed by atoms with Crippen molar-refractivity contribution in [2.45, 2.75) is 6.42 Å². The van der Waals surface area contributed by atoms with E-state index < -0.39 is 0 Å². The molecule has 1 amide bonds. The van der Waals surface area contributed by atoms with E-state index >= 15 is 0 Å². The van der Waals surface area contributed by atoms with Crippen molar-refractivity contribution in [3.8, 4) is 0 Å². The third-order valence-electron chi connectivity index (χ3n) is 4.89. The van der Waals surface area contributed by atoms with Crippen LogP contribution in [0.25, 0.3) is 11.0 Å². The van der Waals surface area contributed by atoms with Crippen LogP contribution in [0, 0.1) is 0 Å². The standard InChI is InChI=1S/C20H24N6O2/c1-21-20(22-9-8-18-23-15-5-2-3-6-16(15)24-18)26-12-10-25(11-13-26)19(27)17-7-4-14-28-17/h2-7,14H,8-13H2,1H3,(H,21,22)(H,23,24). The van der Waals surface area contributed by atoms with Gasteiger partial charge in [-0.25, -0.2) is 4.98 Å². The number of H-pyrrole nitrogens is 1. The lowest BCUT2D eigenvalue weighted by Crippen LogP contribution is -2.54. The highest BCUT2D eigenvalue weighted by molar-refractivity contribution is 5.91. The van der Waals surface area contributed by atoms with E-state index in [0.29, 0.717) is 18.8 Å². The molecule has 0 radical (unpaired) electrons. The van der Waals surface area contributed by atoms with Crippen molar-refractivity contribution in [2.24, 2.45) is 4.99 Å². The highest BCUT2D eigenvalue weighted by atomic mass is 16.3. The van der Waals surface area contributed by atoms with Crippen molar-refractivity contribution in [1.82, 2.24) is 25.1 Å². The van der Waals surface area contributed by atoms with Gasteiger partial charge in [-0.1, -0.05) is 12.1 Å². The second-order valence-electron chi connectivity index (χ2n) is 6.68. The van der Waals surface area contributed by atoms with E-state index in [-0.39, 0.29) is 5.91 Å². The molecule has 146 valence electrons. The van der Waals surface area contributed by atoms with Crippen molar-refractivity contribution in [1.29, 1.82) is 0 Å². The van der Waals surface area contributed by atoms with Gasteiger partial charge in [0.25, 0.3) is 5.91 Å². The molecule has 1 aliphatic rings. The second kappa shape index (κ2) is 8.16. The molecule has 0 aliphatic carbocycles. The van der Waals surface area contributed by atoms with E-state index in [4.69, 9.17) is 4.42 Å². The van der Waals surface area contributed by atoms with E-state index in [1.54, 1.807) is 19.2 Å². The van der Waals surface area contributed by atoms with Gasteiger partial charge in [0.05, 0.1) is 17.3 Å². The highest BCUT2D eigenvalue weighted by Gasteiger charge is 2.25. The molecule has 1 aliphatic heterocycles. The fourth-order valence-corrected chi connectivity index (χ4v) is 3.43. The monoisotopic (exact) mass is 380 g/mol. The van der Waals surface area contributed by atoms with Gasteiger partial charge in [0, 0.05) is 46.2 Å². The Morgan fingerprint density at radius 2 is 1.96 bits per heavy atom. The number of hydrogen-bond donors (Lipinski definition) is 2. The summed E-state index contributed by atoms with van der Waals surface area (Å²) in [7, 11) is 1.78. The number of amides is 1. The fraction of sp³-hybridized carbons (Fsp3) is 0.350. The number of nitrogens with one attached hydrogen (secondary N) is 2. The molecule has 2 aromatic heterocycles. The molecule has 1 aromatic carbocycles. The van der Waals surface area contributed by atoms with Gasteiger partial charge in [0.1, 0.15) is 5.82 Å². The normalized spacial score (nSPS) is 15.2. The van der Waals surface area contributed by atoms with Crippen LogP contribution in [0.3, 0.4) is 0 Å². The largest absolute Gasteiger partial charge is 0.459 e. The first-order chi connectivity index (χ1) is 13.7. The van der Waals surface area contributed by atoms with Crippen molar-refractivity contribution in [2.75, 3.05) is 39.8 Å². The van der Waals surface area contributed by atoms with Crippen LogP contribution >= 0.6 is 0 Å². The number of carbonyl (C=O) groups excluding carboxylic acids is 1. The van der Waals surface area contributed by atoms with Crippen LogP contribution in [0.15, 0.2) is 52.1 Å². The zero-order chi connectivity index (χ0) is 19.3. The van der Waals surface area contributed by atoms with E-state index in [1.807, 2.05) is 29.2 Å². The average Bonchev–Trinajstić information content (AvgIpc) is 3.40. The molecule has 1 saturated heterocycles. The van der Waals surface area contributed by atoms with Crippen molar-refractivity contribution < 1.29 is 9.21 Å². The molecule has 8 heteroatoms. The number of piperazine rings is 1. The minimum Gasteiger partial charge on any atom is -0.459 e. The molecule has 4 rings (SSSR count).